The fourth-order valence-electron chi connectivity index (χ4n) is 6.49. The number of carbonyl (C=O) groups excluding carboxylic acids is 1. The van der Waals surface area contributed by atoms with E-state index in [0.29, 0.717) is 0 Å². The Hall–Kier alpha value is -1.11. The third-order valence-electron chi connectivity index (χ3n) is 9.30. The van der Waals surface area contributed by atoms with Crippen molar-refractivity contribution in [2.75, 3.05) is 13.2 Å². The lowest BCUT2D eigenvalue weighted by molar-refractivity contribution is -0.335. The van der Waals surface area contributed by atoms with Crippen LogP contribution in [0.15, 0.2) is 12.2 Å². The molecule has 1 spiro atoms. The number of ether oxygens (including phenoxy) is 9. The summed E-state index contributed by atoms with van der Waals surface area (Å²) in [5, 5.41) is 0. The van der Waals surface area contributed by atoms with Gasteiger partial charge in [0.15, 0.2) is 24.7 Å². The molecule has 10 nitrogen and oxygen atoms in total. The van der Waals surface area contributed by atoms with Gasteiger partial charge >= 0.3 is 5.97 Å². The summed E-state index contributed by atoms with van der Waals surface area (Å²) in [4.78, 5) is 11.3. The molecule has 240 valence electrons. The van der Waals surface area contributed by atoms with E-state index in [0.717, 1.165) is 64.6 Å². The minimum Gasteiger partial charge on any atom is -0.456 e. The molecule has 0 aromatic rings. The summed E-state index contributed by atoms with van der Waals surface area (Å²) in [7, 11) is 0. The summed E-state index contributed by atoms with van der Waals surface area (Å²) in [6.07, 6.45) is 8.02. The highest BCUT2D eigenvalue weighted by atomic mass is 16.7. The van der Waals surface area contributed by atoms with Gasteiger partial charge in [-0.1, -0.05) is 13.8 Å². The predicted molar refractivity (Wildman–Crippen MR) is 152 cm³/mol. The topological polar surface area (TPSA) is 100 Å². The van der Waals surface area contributed by atoms with Crippen LogP contribution in [0.1, 0.15) is 99.8 Å². The fourth-order valence-corrected chi connectivity index (χ4v) is 6.49. The Balaban J connectivity index is 1.02. The van der Waals surface area contributed by atoms with Crippen LogP contribution in [-0.2, 0) is 47.4 Å². The number of hydrogen-bond donors (Lipinski definition) is 0. The maximum Gasteiger partial charge on any atom is 0.303 e. The van der Waals surface area contributed by atoms with Crippen LogP contribution in [0.4, 0.5) is 0 Å². The van der Waals surface area contributed by atoms with Gasteiger partial charge in [-0.15, -0.1) is 0 Å². The second-order valence-electron chi connectivity index (χ2n) is 13.9. The summed E-state index contributed by atoms with van der Waals surface area (Å²) >= 11 is 0. The molecule has 0 bridgehead atoms. The molecule has 0 radical (unpaired) electrons. The summed E-state index contributed by atoms with van der Waals surface area (Å²) in [6, 6.07) is 0. The zero-order valence-electron chi connectivity index (χ0n) is 26.5. The molecule has 4 heterocycles. The molecule has 4 aliphatic heterocycles. The van der Waals surface area contributed by atoms with Crippen molar-refractivity contribution in [1.29, 1.82) is 0 Å². The van der Waals surface area contributed by atoms with Gasteiger partial charge in [0.2, 0.25) is 0 Å². The van der Waals surface area contributed by atoms with Crippen LogP contribution in [0.2, 0.25) is 0 Å². The smallest absolute Gasteiger partial charge is 0.303 e. The van der Waals surface area contributed by atoms with Crippen molar-refractivity contribution in [2.24, 2.45) is 5.41 Å². The Kier molecular flexibility index (Phi) is 10.1. The lowest BCUT2D eigenvalue weighted by Crippen LogP contribution is -2.53. The molecule has 5 rings (SSSR count). The number of carbonyl (C=O) groups is 1. The second kappa shape index (κ2) is 13.1. The molecule has 0 aromatic heterocycles. The van der Waals surface area contributed by atoms with E-state index in [2.05, 4.69) is 27.7 Å². The van der Waals surface area contributed by atoms with E-state index in [1.165, 1.54) is 6.92 Å². The molecule has 0 aromatic carbocycles. The Morgan fingerprint density at radius 2 is 1.33 bits per heavy atom. The maximum atomic E-state index is 11.3. The van der Waals surface area contributed by atoms with Gasteiger partial charge in [0.05, 0.1) is 49.3 Å². The zero-order chi connectivity index (χ0) is 30.1. The Labute approximate surface area is 251 Å². The normalized spacial score (nSPS) is 41.4. The van der Waals surface area contributed by atoms with Crippen LogP contribution in [0.5, 0.6) is 0 Å². The van der Waals surface area contributed by atoms with Crippen LogP contribution in [-0.4, -0.2) is 86.1 Å². The average molecular weight is 597 g/mol. The van der Waals surface area contributed by atoms with Crippen molar-refractivity contribution in [3.05, 3.63) is 12.2 Å². The first-order valence-corrected chi connectivity index (χ1v) is 15.9. The van der Waals surface area contributed by atoms with Crippen molar-refractivity contribution >= 4 is 5.97 Å². The van der Waals surface area contributed by atoms with Gasteiger partial charge in [-0.3, -0.25) is 4.79 Å². The lowest BCUT2D eigenvalue weighted by Gasteiger charge is -2.50. The highest BCUT2D eigenvalue weighted by Crippen LogP contribution is 2.45. The third-order valence-corrected chi connectivity index (χ3v) is 9.30. The van der Waals surface area contributed by atoms with E-state index in [1.54, 1.807) is 6.08 Å². The van der Waals surface area contributed by atoms with E-state index in [1.807, 2.05) is 19.9 Å². The Morgan fingerprint density at radius 1 is 0.738 bits per heavy atom. The van der Waals surface area contributed by atoms with Gasteiger partial charge in [-0.05, 0) is 65.5 Å². The zero-order valence-corrected chi connectivity index (χ0v) is 26.5. The second-order valence-corrected chi connectivity index (χ2v) is 13.9. The largest absolute Gasteiger partial charge is 0.456 e. The highest BCUT2D eigenvalue weighted by Gasteiger charge is 2.48. The van der Waals surface area contributed by atoms with E-state index in [9.17, 15) is 4.79 Å². The molecule has 42 heavy (non-hydrogen) atoms. The summed E-state index contributed by atoms with van der Waals surface area (Å²) < 4.78 is 55.3. The number of rotatable bonds is 7. The van der Waals surface area contributed by atoms with Crippen molar-refractivity contribution in [3.8, 4) is 0 Å². The van der Waals surface area contributed by atoms with Crippen molar-refractivity contribution in [1.82, 2.24) is 0 Å². The SMILES string of the molecule is CC(=O)O[C@@H]1C=C[C@H](O[C@H]2CC[C@H](O[C@H]3CC[C@H](OC4(C)CCC5(CC4)OCC(C)(C)CO5)O[C@H]3C)O[C@H]2C)O[C@H]1C. The fraction of sp³-hybridized carbons (Fsp3) is 0.906. The quantitative estimate of drug-likeness (QED) is 0.289. The standard InChI is InChI=1S/C32H52O10/c1-20-24(39-23(4)33)8-11-27(36-20)40-25-9-12-28(37-21(25)2)41-26-10-13-29(38-22(26)3)42-31(7)14-16-32(17-15-31)34-18-30(5,6)19-35-32/h8,11,20-22,24-29H,9-10,12-19H2,1-7H3/t20-,21-,22-,24+,25-,26-,27-,28-,29-/m0/s1. The van der Waals surface area contributed by atoms with Gasteiger partial charge in [0, 0.05) is 38.0 Å². The number of esters is 1. The van der Waals surface area contributed by atoms with Crippen molar-refractivity contribution in [2.45, 2.75) is 167 Å². The Bertz CT molecular complexity index is 932. The van der Waals surface area contributed by atoms with Gasteiger partial charge in [-0.2, -0.15) is 0 Å². The van der Waals surface area contributed by atoms with Crippen molar-refractivity contribution < 1.29 is 47.4 Å². The Morgan fingerprint density at radius 3 is 1.93 bits per heavy atom. The number of hydrogen-bond acceptors (Lipinski definition) is 10. The minimum absolute atomic E-state index is 0.0574. The maximum absolute atomic E-state index is 11.3. The van der Waals surface area contributed by atoms with Gasteiger partial charge in [0.25, 0.3) is 0 Å². The molecular formula is C32H52O10. The van der Waals surface area contributed by atoms with E-state index in [-0.39, 0.29) is 60.1 Å². The first kappa shape index (κ1) is 32.3. The average Bonchev–Trinajstić information content (AvgIpc) is 2.92. The molecular weight excluding hydrogens is 544 g/mol. The molecule has 0 amide bonds. The summed E-state index contributed by atoms with van der Waals surface area (Å²) in [5.41, 5.74) is -0.182. The molecule has 4 fully saturated rings. The first-order chi connectivity index (χ1) is 19.8. The summed E-state index contributed by atoms with van der Waals surface area (Å²) in [5.74, 6) is -0.784. The molecule has 1 aliphatic carbocycles. The van der Waals surface area contributed by atoms with Gasteiger partial charge < -0.3 is 42.6 Å². The van der Waals surface area contributed by atoms with Crippen LogP contribution in [0, 0.1) is 5.41 Å². The molecule has 0 unspecified atom stereocenters. The highest BCUT2D eigenvalue weighted by molar-refractivity contribution is 5.66. The molecule has 5 aliphatic rings. The molecule has 9 atom stereocenters. The van der Waals surface area contributed by atoms with Crippen LogP contribution < -0.4 is 0 Å². The van der Waals surface area contributed by atoms with Crippen LogP contribution in [0.3, 0.4) is 0 Å². The van der Waals surface area contributed by atoms with E-state index >= 15 is 0 Å². The monoisotopic (exact) mass is 596 g/mol. The van der Waals surface area contributed by atoms with E-state index < -0.39 is 18.2 Å². The van der Waals surface area contributed by atoms with Gasteiger partial charge in [-0.25, -0.2) is 0 Å². The van der Waals surface area contributed by atoms with Gasteiger partial charge in [0.1, 0.15) is 6.10 Å². The third kappa shape index (κ3) is 8.13. The minimum atomic E-state index is -0.504. The molecule has 3 saturated heterocycles. The van der Waals surface area contributed by atoms with Crippen LogP contribution >= 0.6 is 0 Å². The molecule has 1 saturated carbocycles. The first-order valence-electron chi connectivity index (χ1n) is 15.9. The lowest BCUT2D eigenvalue weighted by atomic mass is 9.81. The predicted octanol–water partition coefficient (Wildman–Crippen LogP) is 5.16. The molecule has 0 N–H and O–H groups in total. The summed E-state index contributed by atoms with van der Waals surface area (Å²) in [6.45, 7) is 15.3. The van der Waals surface area contributed by atoms with Crippen molar-refractivity contribution in [3.63, 3.8) is 0 Å². The van der Waals surface area contributed by atoms with Crippen LogP contribution in [0.25, 0.3) is 0 Å². The van der Waals surface area contributed by atoms with E-state index in [4.69, 9.17) is 42.6 Å². The molecule has 10 heteroatoms.